The van der Waals surface area contributed by atoms with Gasteiger partial charge in [-0.05, 0) is 36.5 Å². The Labute approximate surface area is 131 Å². The van der Waals surface area contributed by atoms with E-state index in [1.807, 2.05) is 0 Å². The average Bonchev–Trinajstić information content (AvgIpc) is 2.36. The average molecular weight is 344 g/mol. The van der Waals surface area contributed by atoms with Crippen molar-refractivity contribution in [2.45, 2.75) is 43.9 Å². The first kappa shape index (κ1) is 19.0. The van der Waals surface area contributed by atoms with Gasteiger partial charge in [-0.25, -0.2) is 0 Å². The van der Waals surface area contributed by atoms with Gasteiger partial charge in [-0.1, -0.05) is 18.6 Å². The third kappa shape index (κ3) is 4.24. The zero-order valence-corrected chi connectivity index (χ0v) is 12.4. The summed E-state index contributed by atoms with van der Waals surface area (Å²) >= 11 is 0. The van der Waals surface area contributed by atoms with Crippen LogP contribution in [0.3, 0.4) is 0 Å². The second-order valence-electron chi connectivity index (χ2n) is 5.24. The molecule has 1 aromatic rings. The first-order valence-corrected chi connectivity index (χ1v) is 6.70. The van der Waals surface area contributed by atoms with Crippen molar-refractivity contribution in [3.8, 4) is 5.75 Å². The normalized spacial score (nSPS) is 18.3. The molecule has 1 aromatic carbocycles. The van der Waals surface area contributed by atoms with Gasteiger partial charge in [0.25, 0.3) is 0 Å². The lowest BCUT2D eigenvalue weighted by Crippen LogP contribution is -2.36. The fourth-order valence-corrected chi connectivity index (χ4v) is 2.23. The third-order valence-corrected chi connectivity index (χ3v) is 3.77. The summed E-state index contributed by atoms with van der Waals surface area (Å²) in [4.78, 5) is 0. The van der Waals surface area contributed by atoms with E-state index in [4.69, 9.17) is 5.73 Å². The van der Waals surface area contributed by atoms with Crippen LogP contribution in [0.4, 0.5) is 17.6 Å². The van der Waals surface area contributed by atoms with E-state index in [2.05, 4.69) is 4.74 Å². The predicted octanol–water partition coefficient (Wildman–Crippen LogP) is 3.51. The summed E-state index contributed by atoms with van der Waals surface area (Å²) in [6.07, 6.45) is -6.25. The van der Waals surface area contributed by atoms with Crippen molar-refractivity contribution >= 4 is 12.4 Å². The molecule has 1 fully saturated rings. The fourth-order valence-electron chi connectivity index (χ4n) is 2.23. The second kappa shape index (κ2) is 7.48. The molecule has 0 radical (unpaired) electrons. The molecule has 22 heavy (non-hydrogen) atoms. The Balaban J connectivity index is 0.00000242. The van der Waals surface area contributed by atoms with Crippen molar-refractivity contribution in [3.05, 3.63) is 29.8 Å². The van der Waals surface area contributed by atoms with Crippen LogP contribution in [0, 0.1) is 5.92 Å². The van der Waals surface area contributed by atoms with Gasteiger partial charge in [-0.2, -0.15) is 17.6 Å². The van der Waals surface area contributed by atoms with Gasteiger partial charge >= 0.3 is 12.5 Å². The third-order valence-electron chi connectivity index (χ3n) is 3.77. The highest BCUT2D eigenvalue weighted by Gasteiger charge is 2.44. The number of hydrogen-bond acceptors (Lipinski definition) is 3. The number of ether oxygens (including phenoxy) is 1. The number of halogens is 5. The standard InChI is InChI=1S/C14H17F4NO2.ClH/c15-13(16)14(17,18)21-10-6-4-8(5-7-10)11(19)12(20)9-2-1-3-9;/h4-7,9,11-13,20H,1-3,19H2;1H/t11-,12+;/m0./s1. The Morgan fingerprint density at radius 3 is 2.14 bits per heavy atom. The molecule has 2 atom stereocenters. The van der Waals surface area contributed by atoms with Crippen LogP contribution < -0.4 is 10.5 Å². The highest BCUT2D eigenvalue weighted by Crippen LogP contribution is 2.35. The molecule has 0 amide bonds. The molecule has 2 rings (SSSR count). The van der Waals surface area contributed by atoms with E-state index in [0.717, 1.165) is 31.4 Å². The summed E-state index contributed by atoms with van der Waals surface area (Å²) in [5.74, 6) is -0.228. The number of rotatable bonds is 6. The molecule has 0 heterocycles. The number of aliphatic hydroxyl groups is 1. The lowest BCUT2D eigenvalue weighted by molar-refractivity contribution is -0.253. The SMILES string of the molecule is Cl.N[C@@H](c1ccc(OC(F)(F)C(F)F)cc1)[C@H](O)C1CCC1. The van der Waals surface area contributed by atoms with Gasteiger partial charge in [0.15, 0.2) is 0 Å². The molecule has 0 spiro atoms. The van der Waals surface area contributed by atoms with Crippen LogP contribution in [0.1, 0.15) is 30.9 Å². The Morgan fingerprint density at radius 1 is 1.18 bits per heavy atom. The van der Waals surface area contributed by atoms with Crippen molar-refractivity contribution in [2.24, 2.45) is 11.7 Å². The highest BCUT2D eigenvalue weighted by atomic mass is 35.5. The second-order valence-corrected chi connectivity index (χ2v) is 5.24. The monoisotopic (exact) mass is 343 g/mol. The van der Waals surface area contributed by atoms with Crippen LogP contribution in [0.15, 0.2) is 24.3 Å². The van der Waals surface area contributed by atoms with Gasteiger partial charge in [0.05, 0.1) is 12.1 Å². The summed E-state index contributed by atoms with van der Waals surface area (Å²) in [5, 5.41) is 10.0. The molecule has 3 N–H and O–H groups in total. The van der Waals surface area contributed by atoms with Crippen LogP contribution in [0.2, 0.25) is 0 Å². The molecule has 0 aliphatic heterocycles. The van der Waals surface area contributed by atoms with Gasteiger partial charge in [0.1, 0.15) is 5.75 Å². The van der Waals surface area contributed by atoms with Gasteiger partial charge in [0, 0.05) is 0 Å². The number of hydrogen-bond donors (Lipinski definition) is 2. The van der Waals surface area contributed by atoms with E-state index in [1.54, 1.807) is 0 Å². The molecule has 1 saturated carbocycles. The highest BCUT2D eigenvalue weighted by molar-refractivity contribution is 5.85. The van der Waals surface area contributed by atoms with Crippen LogP contribution in [-0.2, 0) is 0 Å². The number of aliphatic hydroxyl groups excluding tert-OH is 1. The summed E-state index contributed by atoms with van der Waals surface area (Å²) in [6, 6.07) is 4.42. The van der Waals surface area contributed by atoms with Crippen molar-refractivity contribution in [2.75, 3.05) is 0 Å². The molecule has 0 unspecified atom stereocenters. The minimum Gasteiger partial charge on any atom is -0.428 e. The fraction of sp³-hybridized carbons (Fsp3) is 0.571. The molecule has 1 aliphatic carbocycles. The molecule has 0 aromatic heterocycles. The van der Waals surface area contributed by atoms with E-state index < -0.39 is 24.7 Å². The zero-order chi connectivity index (χ0) is 15.6. The Morgan fingerprint density at radius 2 is 1.73 bits per heavy atom. The van der Waals surface area contributed by atoms with Crippen molar-refractivity contribution in [1.29, 1.82) is 0 Å². The van der Waals surface area contributed by atoms with Crippen molar-refractivity contribution in [3.63, 3.8) is 0 Å². The first-order chi connectivity index (χ1) is 9.81. The topological polar surface area (TPSA) is 55.5 Å². The Hall–Kier alpha value is -1.05. The molecule has 3 nitrogen and oxygen atoms in total. The molecular weight excluding hydrogens is 326 g/mol. The van der Waals surface area contributed by atoms with Crippen molar-refractivity contribution < 1.29 is 27.4 Å². The molecule has 0 bridgehead atoms. The summed E-state index contributed by atoms with van der Waals surface area (Å²) in [6.45, 7) is 0. The Kier molecular flexibility index (Phi) is 6.46. The minimum absolute atomic E-state index is 0. The van der Waals surface area contributed by atoms with Gasteiger partial charge in [0.2, 0.25) is 0 Å². The van der Waals surface area contributed by atoms with Crippen LogP contribution in [0.5, 0.6) is 5.75 Å². The molecule has 8 heteroatoms. The van der Waals surface area contributed by atoms with Gasteiger partial charge in [-0.3, -0.25) is 0 Å². The maximum absolute atomic E-state index is 12.7. The summed E-state index contributed by atoms with van der Waals surface area (Å²) in [5.41, 5.74) is 6.46. The quantitative estimate of drug-likeness (QED) is 0.777. The zero-order valence-electron chi connectivity index (χ0n) is 11.6. The lowest BCUT2D eigenvalue weighted by Gasteiger charge is -2.33. The molecule has 0 saturated heterocycles. The van der Waals surface area contributed by atoms with E-state index in [9.17, 15) is 22.7 Å². The van der Waals surface area contributed by atoms with Crippen LogP contribution in [-0.4, -0.2) is 23.7 Å². The lowest BCUT2D eigenvalue weighted by atomic mass is 9.77. The predicted molar refractivity (Wildman–Crippen MR) is 75.5 cm³/mol. The molecule has 126 valence electrons. The van der Waals surface area contributed by atoms with Gasteiger partial charge in [-0.15, -0.1) is 12.4 Å². The van der Waals surface area contributed by atoms with Crippen LogP contribution in [0.25, 0.3) is 0 Å². The van der Waals surface area contributed by atoms with E-state index in [1.165, 1.54) is 12.1 Å². The maximum Gasteiger partial charge on any atom is 0.461 e. The smallest absolute Gasteiger partial charge is 0.428 e. The van der Waals surface area contributed by atoms with Gasteiger partial charge < -0.3 is 15.6 Å². The van der Waals surface area contributed by atoms with E-state index in [-0.39, 0.29) is 24.1 Å². The number of benzene rings is 1. The molecular formula is C14H18ClF4NO2. The van der Waals surface area contributed by atoms with E-state index >= 15 is 0 Å². The molecule has 1 aliphatic rings. The summed E-state index contributed by atoms with van der Waals surface area (Å²) < 4.78 is 53.5. The number of nitrogens with two attached hydrogens (primary N) is 1. The van der Waals surface area contributed by atoms with Crippen LogP contribution >= 0.6 is 12.4 Å². The maximum atomic E-state index is 12.7. The Bertz CT molecular complexity index is 468. The summed E-state index contributed by atoms with van der Waals surface area (Å²) in [7, 11) is 0. The van der Waals surface area contributed by atoms with Crippen molar-refractivity contribution in [1.82, 2.24) is 0 Å². The minimum atomic E-state index is -4.53. The first-order valence-electron chi connectivity index (χ1n) is 6.70. The van der Waals surface area contributed by atoms with E-state index in [0.29, 0.717) is 5.56 Å². The largest absolute Gasteiger partial charge is 0.461 e. The number of alkyl halides is 4.